The summed E-state index contributed by atoms with van der Waals surface area (Å²) in [6.45, 7) is 7.44. The number of carbonyl (C=O) groups excluding carboxylic acids is 2. The Kier molecular flexibility index (Phi) is 4.31. The van der Waals surface area contributed by atoms with Crippen molar-refractivity contribution in [3.05, 3.63) is 46.2 Å². The van der Waals surface area contributed by atoms with Crippen molar-refractivity contribution in [1.82, 2.24) is 10.3 Å². The molecule has 0 aliphatic carbocycles. The lowest BCUT2D eigenvalue weighted by atomic mass is 10.1. The van der Waals surface area contributed by atoms with Crippen LogP contribution in [0.4, 0.5) is 0 Å². The number of furan rings is 1. The Labute approximate surface area is 123 Å². The number of nitrogens with one attached hydrogen (secondary N) is 2. The van der Waals surface area contributed by atoms with Gasteiger partial charge in [-0.3, -0.25) is 9.59 Å². The smallest absolute Gasteiger partial charge is 0.253 e. The lowest BCUT2D eigenvalue weighted by Gasteiger charge is -2.05. The Morgan fingerprint density at radius 3 is 2.48 bits per heavy atom. The molecule has 0 aliphatic rings. The molecule has 2 aromatic heterocycles. The number of Topliss-reactive ketones (excluding diaryl/α,β-unsaturated/α-hetero) is 1. The van der Waals surface area contributed by atoms with E-state index in [4.69, 9.17) is 4.42 Å². The molecule has 0 saturated heterocycles. The van der Waals surface area contributed by atoms with Crippen LogP contribution in [0.1, 0.15) is 50.5 Å². The third-order valence-corrected chi connectivity index (χ3v) is 3.47. The molecule has 2 aromatic rings. The molecule has 2 heterocycles. The van der Waals surface area contributed by atoms with Crippen molar-refractivity contribution in [2.24, 2.45) is 0 Å². The van der Waals surface area contributed by atoms with Gasteiger partial charge in [0.25, 0.3) is 5.91 Å². The molecule has 5 heteroatoms. The summed E-state index contributed by atoms with van der Waals surface area (Å²) in [4.78, 5) is 26.7. The second-order valence-electron chi connectivity index (χ2n) is 5.20. The van der Waals surface area contributed by atoms with Crippen LogP contribution in [0.25, 0.3) is 0 Å². The highest BCUT2D eigenvalue weighted by Gasteiger charge is 2.19. The van der Waals surface area contributed by atoms with Gasteiger partial charge in [-0.05, 0) is 38.5 Å². The topological polar surface area (TPSA) is 75.1 Å². The van der Waals surface area contributed by atoms with E-state index < -0.39 is 0 Å². The lowest BCUT2D eigenvalue weighted by Crippen LogP contribution is -2.26. The summed E-state index contributed by atoms with van der Waals surface area (Å²) in [5, 5.41) is 2.86. The van der Waals surface area contributed by atoms with Crippen molar-refractivity contribution in [1.29, 1.82) is 0 Å². The predicted octanol–water partition coefficient (Wildman–Crippen LogP) is 2.71. The molecule has 0 aliphatic heterocycles. The largest absolute Gasteiger partial charge is 0.466 e. The number of rotatable bonds is 5. The van der Waals surface area contributed by atoms with E-state index in [1.165, 1.54) is 6.92 Å². The van der Waals surface area contributed by atoms with Crippen LogP contribution in [0.15, 0.2) is 16.5 Å². The summed E-state index contributed by atoms with van der Waals surface area (Å²) in [5.41, 5.74) is 2.46. The van der Waals surface area contributed by atoms with Crippen molar-refractivity contribution >= 4 is 11.7 Å². The average Bonchev–Trinajstić information content (AvgIpc) is 2.93. The van der Waals surface area contributed by atoms with Crippen LogP contribution >= 0.6 is 0 Å². The SMILES string of the molecule is CC(=O)c1[nH]c(C)c(C(=O)NCCc2ccc(C)o2)c1C. The number of hydrogen-bond donors (Lipinski definition) is 2. The van der Waals surface area contributed by atoms with Crippen LogP contribution < -0.4 is 5.32 Å². The fourth-order valence-corrected chi connectivity index (χ4v) is 2.45. The minimum atomic E-state index is -0.169. The van der Waals surface area contributed by atoms with Gasteiger partial charge >= 0.3 is 0 Å². The molecule has 0 aromatic carbocycles. The number of carbonyl (C=O) groups is 2. The summed E-state index contributed by atoms with van der Waals surface area (Å²) in [7, 11) is 0. The van der Waals surface area contributed by atoms with Crippen LogP contribution in [0, 0.1) is 20.8 Å². The Morgan fingerprint density at radius 2 is 1.95 bits per heavy atom. The van der Waals surface area contributed by atoms with Crippen LogP contribution in [0.5, 0.6) is 0 Å². The van der Waals surface area contributed by atoms with Gasteiger partial charge in [-0.2, -0.15) is 0 Å². The Hall–Kier alpha value is -2.30. The molecule has 112 valence electrons. The van der Waals surface area contributed by atoms with Gasteiger partial charge in [0.15, 0.2) is 5.78 Å². The molecule has 0 bridgehead atoms. The normalized spacial score (nSPS) is 10.7. The Bertz CT molecular complexity index is 680. The van der Waals surface area contributed by atoms with Crippen molar-refractivity contribution in [2.75, 3.05) is 6.54 Å². The highest BCUT2D eigenvalue weighted by Crippen LogP contribution is 2.18. The maximum atomic E-state index is 12.2. The second kappa shape index (κ2) is 5.99. The van der Waals surface area contributed by atoms with Crippen LogP contribution in [-0.2, 0) is 6.42 Å². The van der Waals surface area contributed by atoms with Crippen LogP contribution in [0.3, 0.4) is 0 Å². The van der Waals surface area contributed by atoms with Gasteiger partial charge in [-0.25, -0.2) is 0 Å². The molecule has 5 nitrogen and oxygen atoms in total. The van der Waals surface area contributed by atoms with E-state index in [0.717, 1.165) is 11.5 Å². The van der Waals surface area contributed by atoms with E-state index >= 15 is 0 Å². The first-order valence-corrected chi connectivity index (χ1v) is 6.93. The number of aromatic nitrogens is 1. The fourth-order valence-electron chi connectivity index (χ4n) is 2.45. The molecule has 2 rings (SSSR count). The van der Waals surface area contributed by atoms with Crippen LogP contribution in [0.2, 0.25) is 0 Å². The quantitative estimate of drug-likeness (QED) is 0.831. The monoisotopic (exact) mass is 288 g/mol. The zero-order valence-electron chi connectivity index (χ0n) is 12.8. The third kappa shape index (κ3) is 3.24. The summed E-state index contributed by atoms with van der Waals surface area (Å²) < 4.78 is 5.45. The predicted molar refractivity (Wildman–Crippen MR) is 79.8 cm³/mol. The van der Waals surface area contributed by atoms with E-state index in [1.54, 1.807) is 13.8 Å². The van der Waals surface area contributed by atoms with Gasteiger partial charge in [0.1, 0.15) is 11.5 Å². The maximum absolute atomic E-state index is 12.2. The minimum absolute atomic E-state index is 0.0688. The van der Waals surface area contributed by atoms with Crippen molar-refractivity contribution < 1.29 is 14.0 Å². The molecule has 1 amide bonds. The summed E-state index contributed by atoms with van der Waals surface area (Å²) >= 11 is 0. The molecule has 0 fully saturated rings. The standard InChI is InChI=1S/C16H20N2O3/c1-9-5-6-13(21-9)7-8-17-16(20)14-10(2)15(12(4)19)18-11(14)3/h5-6,18H,7-8H2,1-4H3,(H,17,20). The molecular formula is C16H20N2O3. The first kappa shape index (κ1) is 15.1. The number of hydrogen-bond acceptors (Lipinski definition) is 3. The van der Waals surface area contributed by atoms with Gasteiger partial charge in [0, 0.05) is 25.6 Å². The first-order chi connectivity index (χ1) is 9.90. The van der Waals surface area contributed by atoms with Gasteiger partial charge in [-0.15, -0.1) is 0 Å². The number of amides is 1. The first-order valence-electron chi connectivity index (χ1n) is 6.93. The fraction of sp³-hybridized carbons (Fsp3) is 0.375. The minimum Gasteiger partial charge on any atom is -0.466 e. The summed E-state index contributed by atoms with van der Waals surface area (Å²) in [6.07, 6.45) is 0.641. The molecule has 0 unspecified atom stereocenters. The highest BCUT2D eigenvalue weighted by atomic mass is 16.3. The highest BCUT2D eigenvalue weighted by molar-refractivity contribution is 6.02. The zero-order chi connectivity index (χ0) is 15.6. The molecule has 0 radical (unpaired) electrons. The molecule has 0 spiro atoms. The number of aromatic amines is 1. The van der Waals surface area contributed by atoms with E-state index in [0.29, 0.717) is 35.5 Å². The van der Waals surface area contributed by atoms with Crippen LogP contribution in [-0.4, -0.2) is 23.2 Å². The van der Waals surface area contributed by atoms with Gasteiger partial charge < -0.3 is 14.7 Å². The van der Waals surface area contributed by atoms with Gasteiger partial charge in [0.2, 0.25) is 0 Å². The van der Waals surface area contributed by atoms with E-state index in [1.807, 2.05) is 19.1 Å². The van der Waals surface area contributed by atoms with Gasteiger partial charge in [-0.1, -0.05) is 0 Å². The van der Waals surface area contributed by atoms with Gasteiger partial charge in [0.05, 0.1) is 11.3 Å². The van der Waals surface area contributed by atoms with E-state index in [2.05, 4.69) is 10.3 Å². The van der Waals surface area contributed by atoms with Crippen molar-refractivity contribution in [2.45, 2.75) is 34.1 Å². The molecule has 0 atom stereocenters. The second-order valence-corrected chi connectivity index (χ2v) is 5.20. The van der Waals surface area contributed by atoms with E-state index in [9.17, 15) is 9.59 Å². The molecular weight excluding hydrogens is 268 g/mol. The Morgan fingerprint density at radius 1 is 1.24 bits per heavy atom. The molecule has 0 saturated carbocycles. The molecule has 21 heavy (non-hydrogen) atoms. The third-order valence-electron chi connectivity index (χ3n) is 3.47. The lowest BCUT2D eigenvalue weighted by molar-refractivity contribution is 0.0952. The van der Waals surface area contributed by atoms with E-state index in [-0.39, 0.29) is 11.7 Å². The number of ketones is 1. The summed E-state index contributed by atoms with van der Waals surface area (Å²) in [5.74, 6) is 1.47. The van der Waals surface area contributed by atoms with Crippen molar-refractivity contribution in [3.8, 4) is 0 Å². The summed E-state index contributed by atoms with van der Waals surface area (Å²) in [6, 6.07) is 3.80. The number of H-pyrrole nitrogens is 1. The Balaban J connectivity index is 2.02. The number of aryl methyl sites for hydroxylation is 2. The molecule has 2 N–H and O–H groups in total. The zero-order valence-corrected chi connectivity index (χ0v) is 12.8. The average molecular weight is 288 g/mol. The van der Waals surface area contributed by atoms with Crippen molar-refractivity contribution in [3.63, 3.8) is 0 Å². The maximum Gasteiger partial charge on any atom is 0.253 e.